The summed E-state index contributed by atoms with van der Waals surface area (Å²) >= 11 is -1.18. The van der Waals surface area contributed by atoms with Gasteiger partial charge >= 0.3 is 137 Å². The fraction of sp³-hybridized carbons (Fsp3) is 1.00. The van der Waals surface area contributed by atoms with Gasteiger partial charge in [0.25, 0.3) is 0 Å². The van der Waals surface area contributed by atoms with E-state index >= 15 is 0 Å². The molecule has 0 aromatic carbocycles. The Labute approximate surface area is 136 Å². The molecule has 0 aromatic heterocycles. The van der Waals surface area contributed by atoms with Crippen molar-refractivity contribution in [3.05, 3.63) is 0 Å². The first kappa shape index (κ1) is 20.8. The summed E-state index contributed by atoms with van der Waals surface area (Å²) in [4.78, 5) is 5.09. The van der Waals surface area contributed by atoms with Gasteiger partial charge in [-0.15, -0.1) is 0 Å². The molecule has 0 rings (SSSR count). The van der Waals surface area contributed by atoms with E-state index in [0.29, 0.717) is 0 Å². The van der Waals surface area contributed by atoms with Crippen LogP contribution >= 0.6 is 0 Å². The van der Waals surface area contributed by atoms with E-state index < -0.39 is 21.4 Å². The van der Waals surface area contributed by atoms with E-state index in [1.807, 2.05) is 0 Å². The van der Waals surface area contributed by atoms with Crippen LogP contribution in [0.25, 0.3) is 0 Å². The van der Waals surface area contributed by atoms with Crippen LogP contribution in [-0.4, -0.2) is 70.5 Å². The topological polar surface area (TPSA) is 6.48 Å². The first-order valence-electron chi connectivity index (χ1n) is 8.97. The van der Waals surface area contributed by atoms with Crippen molar-refractivity contribution in [1.29, 1.82) is 0 Å². The third-order valence-electron chi connectivity index (χ3n) is 4.58. The van der Waals surface area contributed by atoms with Gasteiger partial charge in [0, 0.05) is 0 Å². The zero-order valence-electron chi connectivity index (χ0n) is 15.1. The molecule has 0 heterocycles. The summed E-state index contributed by atoms with van der Waals surface area (Å²) in [6.45, 7) is 16.7. The second-order valence-electron chi connectivity index (χ2n) is 6.56. The van der Waals surface area contributed by atoms with Crippen LogP contribution in [0, 0.1) is 0 Å². The van der Waals surface area contributed by atoms with Crippen molar-refractivity contribution >= 4 is 21.4 Å². The summed E-state index contributed by atoms with van der Waals surface area (Å²) in [7, 11) is 2.26. The molecule has 0 amide bonds. The molecule has 0 saturated heterocycles. The van der Waals surface area contributed by atoms with E-state index in [9.17, 15) is 0 Å². The molecule has 0 saturated carbocycles. The van der Waals surface area contributed by atoms with Crippen molar-refractivity contribution in [2.45, 2.75) is 72.5 Å². The Kier molecular flexibility index (Phi) is 14.0. The zero-order chi connectivity index (χ0) is 15.4. The average Bonchev–Trinajstić information content (AvgIpc) is 2.42. The number of rotatable bonds is 13. The first-order chi connectivity index (χ1) is 9.54. The predicted octanol–water partition coefficient (Wildman–Crippen LogP) is 4.35. The summed E-state index contributed by atoms with van der Waals surface area (Å²) in [5.74, 6) is 0. The maximum absolute atomic E-state index is 2.62. The molecule has 0 radical (unpaired) electrons. The van der Waals surface area contributed by atoms with Crippen LogP contribution < -0.4 is 0 Å². The van der Waals surface area contributed by atoms with E-state index in [-0.39, 0.29) is 0 Å². The monoisotopic (exact) mass is 386 g/mol. The normalized spacial score (nSPS) is 11.8. The van der Waals surface area contributed by atoms with Gasteiger partial charge in [-0.25, -0.2) is 0 Å². The molecule has 120 valence electrons. The van der Waals surface area contributed by atoms with Crippen molar-refractivity contribution in [3.8, 4) is 0 Å². The van der Waals surface area contributed by atoms with E-state index in [0.717, 1.165) is 6.04 Å². The molecule has 0 bridgehead atoms. The van der Waals surface area contributed by atoms with Crippen LogP contribution in [0.3, 0.4) is 0 Å². The molecular weight excluding hydrogens is 347 g/mol. The minimum absolute atomic E-state index is 0.720. The summed E-state index contributed by atoms with van der Waals surface area (Å²) in [6.07, 6.45) is 4.37. The fourth-order valence-electron chi connectivity index (χ4n) is 3.01. The van der Waals surface area contributed by atoms with Gasteiger partial charge in [0.15, 0.2) is 0 Å². The van der Waals surface area contributed by atoms with Crippen molar-refractivity contribution in [1.82, 2.24) is 9.80 Å². The van der Waals surface area contributed by atoms with Crippen LogP contribution in [0.4, 0.5) is 0 Å². The van der Waals surface area contributed by atoms with Gasteiger partial charge in [0.1, 0.15) is 0 Å². The zero-order valence-corrected chi connectivity index (χ0v) is 18.4. The van der Waals surface area contributed by atoms with Gasteiger partial charge in [-0.2, -0.15) is 0 Å². The maximum atomic E-state index is 2.62. The van der Waals surface area contributed by atoms with Crippen molar-refractivity contribution < 1.29 is 0 Å². The van der Waals surface area contributed by atoms with Crippen LogP contribution in [0.2, 0.25) is 12.5 Å². The Morgan fingerprint density at radius 3 is 1.90 bits per heavy atom. The summed E-state index contributed by atoms with van der Waals surface area (Å²) in [5, 5.41) is 0. The van der Waals surface area contributed by atoms with Gasteiger partial charge in [-0.3, -0.25) is 0 Å². The Hall–Kier alpha value is 0.790. The second kappa shape index (κ2) is 13.5. The molecule has 0 aromatic rings. The Balaban J connectivity index is 3.89. The number of hydrogen-bond acceptors (Lipinski definition) is 2. The molecule has 0 atom stereocenters. The molecule has 0 aliphatic carbocycles. The van der Waals surface area contributed by atoms with Gasteiger partial charge in [-0.05, 0) is 0 Å². The third kappa shape index (κ3) is 10.5. The number of nitrogens with zero attached hydrogens (tertiary/aromatic N) is 2. The fourth-order valence-corrected chi connectivity index (χ4v) is 12.2. The van der Waals surface area contributed by atoms with Crippen molar-refractivity contribution in [2.75, 3.05) is 33.2 Å². The van der Waals surface area contributed by atoms with Crippen molar-refractivity contribution in [3.63, 3.8) is 0 Å². The summed E-state index contributed by atoms with van der Waals surface area (Å²) in [6, 6.07) is 0.720. The molecule has 3 heteroatoms. The summed E-state index contributed by atoms with van der Waals surface area (Å²) in [5.41, 5.74) is 0. The van der Waals surface area contributed by atoms with E-state index in [2.05, 4.69) is 51.5 Å². The Bertz CT molecular complexity index is 209. The Morgan fingerprint density at radius 1 is 0.850 bits per heavy atom. The van der Waals surface area contributed by atoms with Gasteiger partial charge in [0.2, 0.25) is 0 Å². The molecule has 0 aliphatic heterocycles. The standard InChI is InChI=1S/C8H18N.C6H14N.C3H7.In/c1-5-7-9(6-2)8(3)4;1-4-6-7(3)5-2;1-3-2;/h8H,1,5-7H2,2-4H3;1,4-6H2,2-3H3;1,3H2,2H3;. The third-order valence-corrected chi connectivity index (χ3v) is 15.6. The van der Waals surface area contributed by atoms with Gasteiger partial charge in [0.05, 0.1) is 0 Å². The van der Waals surface area contributed by atoms with E-state index in [4.69, 9.17) is 0 Å². The average molecular weight is 386 g/mol. The molecule has 2 nitrogen and oxygen atoms in total. The minimum atomic E-state index is -1.18. The SMILES string of the molecule is CC[CH2][In]([CH2]CCN(C)CC)[CH2]CCN(CC)C(C)C. The van der Waals surface area contributed by atoms with Gasteiger partial charge < -0.3 is 0 Å². The van der Waals surface area contributed by atoms with Crippen LogP contribution in [0.5, 0.6) is 0 Å². The number of hydrogen-bond donors (Lipinski definition) is 0. The van der Waals surface area contributed by atoms with E-state index in [1.165, 1.54) is 45.4 Å². The predicted molar refractivity (Wildman–Crippen MR) is 95.3 cm³/mol. The van der Waals surface area contributed by atoms with Crippen LogP contribution in [-0.2, 0) is 0 Å². The second-order valence-corrected chi connectivity index (χ2v) is 16.4. The molecular formula is C17H39InN2. The Morgan fingerprint density at radius 2 is 1.45 bits per heavy atom. The molecule has 0 spiro atoms. The van der Waals surface area contributed by atoms with Crippen LogP contribution in [0.1, 0.15) is 53.9 Å². The molecule has 20 heavy (non-hydrogen) atoms. The summed E-state index contributed by atoms with van der Waals surface area (Å²) < 4.78 is 4.90. The first-order valence-corrected chi connectivity index (χ1v) is 16.0. The molecule has 0 unspecified atom stereocenters. The van der Waals surface area contributed by atoms with Crippen LogP contribution in [0.15, 0.2) is 0 Å². The van der Waals surface area contributed by atoms with Crippen molar-refractivity contribution in [2.24, 2.45) is 0 Å². The van der Waals surface area contributed by atoms with E-state index in [1.54, 1.807) is 12.5 Å². The molecule has 0 fully saturated rings. The van der Waals surface area contributed by atoms with Gasteiger partial charge in [-0.1, -0.05) is 0 Å². The molecule has 0 aliphatic rings. The molecule has 0 N–H and O–H groups in total. The quantitative estimate of drug-likeness (QED) is 0.464.